The molecule has 2 aliphatic carbocycles. The van der Waals surface area contributed by atoms with Crippen LogP contribution in [0.15, 0.2) is 0 Å². The second-order valence-electron chi connectivity index (χ2n) is 9.16. The Hall–Kier alpha value is -0.800. The van der Waals surface area contributed by atoms with Gasteiger partial charge in [-0.15, -0.1) is 0 Å². The van der Waals surface area contributed by atoms with Gasteiger partial charge in [0.25, 0.3) is 0 Å². The largest absolute Gasteiger partial charge is 0.478 e. The van der Waals surface area contributed by atoms with E-state index in [1.54, 1.807) is 0 Å². The maximum atomic E-state index is 12.4. The average Bonchev–Trinajstić information content (AvgIpc) is 2.46. The molecule has 4 heteroatoms. The standard InChI is InChI=1S/C20H38NO3/c1-13(2)17-9-7-15(5)11-19(17)23-21(22)24-20-12-16(6)8-10-18(20)14(3)4/h13-20H,7-12H2,1-6H3/q+1. The van der Waals surface area contributed by atoms with Gasteiger partial charge in [0.2, 0.25) is 0 Å². The van der Waals surface area contributed by atoms with Crippen LogP contribution in [0.4, 0.5) is 0 Å². The Morgan fingerprint density at radius 3 is 1.46 bits per heavy atom. The molecule has 0 N–H and O–H groups in total. The third kappa shape index (κ3) is 5.10. The number of nitrogens with zero attached hydrogens (tertiary/aromatic N) is 1. The maximum Gasteiger partial charge on any atom is 0.478 e. The fourth-order valence-corrected chi connectivity index (χ4v) is 4.72. The Balaban J connectivity index is 1.94. The third-order valence-electron chi connectivity index (χ3n) is 6.37. The van der Waals surface area contributed by atoms with Crippen molar-refractivity contribution >= 4 is 0 Å². The van der Waals surface area contributed by atoms with Crippen molar-refractivity contribution in [1.82, 2.24) is 0 Å². The number of hydrogen-bond donors (Lipinski definition) is 0. The minimum absolute atomic E-state index is 0.00948. The molecule has 0 aromatic heterocycles. The molecule has 140 valence electrons. The van der Waals surface area contributed by atoms with Crippen molar-refractivity contribution in [2.45, 2.75) is 92.3 Å². The summed E-state index contributed by atoms with van der Waals surface area (Å²) in [5, 5.41) is 0.468. The van der Waals surface area contributed by atoms with E-state index < -0.39 is 0 Å². The minimum atomic E-state index is -0.00948. The SMILES string of the molecule is CC1CCC(C(C)C)C(O[N+](=O)OC2CC(C)CCC2C(C)C)C1. The quantitative estimate of drug-likeness (QED) is 0.595. The first-order valence-electron chi connectivity index (χ1n) is 10.1. The minimum Gasteiger partial charge on any atom is -0.183 e. The highest BCUT2D eigenvalue weighted by atomic mass is 17.0. The molecule has 0 saturated heterocycles. The molecule has 0 spiro atoms. The lowest BCUT2D eigenvalue weighted by Crippen LogP contribution is -2.40. The van der Waals surface area contributed by atoms with E-state index in [0.717, 1.165) is 25.7 Å². The van der Waals surface area contributed by atoms with Crippen molar-refractivity contribution < 1.29 is 14.8 Å². The first-order chi connectivity index (χ1) is 11.3. The summed E-state index contributed by atoms with van der Waals surface area (Å²) in [4.78, 5) is 23.9. The molecule has 2 saturated carbocycles. The van der Waals surface area contributed by atoms with Crippen LogP contribution in [0.2, 0.25) is 0 Å². The van der Waals surface area contributed by atoms with Gasteiger partial charge in [-0.05, 0) is 49.4 Å². The van der Waals surface area contributed by atoms with E-state index in [1.807, 2.05) is 0 Å². The van der Waals surface area contributed by atoms with Gasteiger partial charge in [0.05, 0.1) is 0 Å². The van der Waals surface area contributed by atoms with Crippen LogP contribution in [-0.2, 0) is 9.68 Å². The molecule has 0 bridgehead atoms. The summed E-state index contributed by atoms with van der Waals surface area (Å²) in [7, 11) is 0. The van der Waals surface area contributed by atoms with Gasteiger partial charge in [0.15, 0.2) is 12.2 Å². The molecule has 0 aromatic carbocycles. The summed E-state index contributed by atoms with van der Waals surface area (Å²) in [6, 6.07) is 0. The molecule has 6 unspecified atom stereocenters. The van der Waals surface area contributed by atoms with Gasteiger partial charge in [-0.2, -0.15) is 9.68 Å². The van der Waals surface area contributed by atoms with E-state index in [2.05, 4.69) is 41.5 Å². The highest BCUT2D eigenvalue weighted by molar-refractivity contribution is 4.81. The van der Waals surface area contributed by atoms with Crippen LogP contribution in [0, 0.1) is 40.4 Å². The Morgan fingerprint density at radius 2 is 1.12 bits per heavy atom. The number of rotatable bonds is 6. The topological polar surface area (TPSA) is 38.5 Å². The molecular weight excluding hydrogens is 302 g/mol. The van der Waals surface area contributed by atoms with Crippen LogP contribution >= 0.6 is 0 Å². The lowest BCUT2D eigenvalue weighted by atomic mass is 9.75. The highest BCUT2D eigenvalue weighted by Gasteiger charge is 2.41. The van der Waals surface area contributed by atoms with Crippen molar-refractivity contribution in [1.29, 1.82) is 0 Å². The number of hydrogen-bond acceptors (Lipinski definition) is 3. The molecule has 0 aliphatic heterocycles. The molecule has 2 fully saturated rings. The maximum absolute atomic E-state index is 12.4. The second-order valence-corrected chi connectivity index (χ2v) is 9.16. The Labute approximate surface area is 148 Å². The lowest BCUT2D eigenvalue weighted by molar-refractivity contribution is -0.995. The monoisotopic (exact) mass is 340 g/mol. The molecule has 0 aromatic rings. The van der Waals surface area contributed by atoms with Crippen LogP contribution in [0.1, 0.15) is 80.1 Å². The van der Waals surface area contributed by atoms with Gasteiger partial charge in [-0.1, -0.05) is 54.4 Å². The smallest absolute Gasteiger partial charge is 0.183 e. The van der Waals surface area contributed by atoms with Crippen LogP contribution < -0.4 is 0 Å². The van der Waals surface area contributed by atoms with Gasteiger partial charge in [-0.25, -0.2) is 0 Å². The molecule has 4 nitrogen and oxygen atoms in total. The predicted molar refractivity (Wildman–Crippen MR) is 96.1 cm³/mol. The van der Waals surface area contributed by atoms with Gasteiger partial charge >= 0.3 is 5.09 Å². The normalized spacial score (nSPS) is 37.5. The zero-order valence-electron chi connectivity index (χ0n) is 16.5. The molecule has 6 atom stereocenters. The van der Waals surface area contributed by atoms with E-state index in [9.17, 15) is 4.91 Å². The summed E-state index contributed by atoms with van der Waals surface area (Å²) >= 11 is 0. The van der Waals surface area contributed by atoms with E-state index >= 15 is 0 Å². The van der Waals surface area contributed by atoms with Gasteiger partial charge < -0.3 is 0 Å². The third-order valence-corrected chi connectivity index (χ3v) is 6.37. The van der Waals surface area contributed by atoms with Crippen LogP contribution in [-0.4, -0.2) is 17.3 Å². The van der Waals surface area contributed by atoms with Crippen LogP contribution in [0.3, 0.4) is 0 Å². The zero-order chi connectivity index (χ0) is 17.9. The van der Waals surface area contributed by atoms with Gasteiger partial charge in [-0.3, -0.25) is 0 Å². The average molecular weight is 341 g/mol. The molecular formula is C20H38NO3+. The van der Waals surface area contributed by atoms with Crippen LogP contribution in [0.5, 0.6) is 0 Å². The van der Waals surface area contributed by atoms with E-state index in [0.29, 0.717) is 40.6 Å². The van der Waals surface area contributed by atoms with Crippen molar-refractivity contribution in [3.63, 3.8) is 0 Å². The molecule has 2 aliphatic rings. The highest BCUT2D eigenvalue weighted by Crippen LogP contribution is 2.37. The van der Waals surface area contributed by atoms with E-state index in [1.165, 1.54) is 12.8 Å². The first kappa shape index (κ1) is 19.5. The van der Waals surface area contributed by atoms with E-state index in [-0.39, 0.29) is 12.2 Å². The second kappa shape index (κ2) is 8.53. The summed E-state index contributed by atoms with van der Waals surface area (Å²) in [6.45, 7) is 13.4. The Kier molecular flexibility index (Phi) is 6.94. The van der Waals surface area contributed by atoms with Crippen molar-refractivity contribution in [3.8, 4) is 0 Å². The van der Waals surface area contributed by atoms with Crippen molar-refractivity contribution in [3.05, 3.63) is 4.91 Å². The fourth-order valence-electron chi connectivity index (χ4n) is 4.72. The summed E-state index contributed by atoms with van der Waals surface area (Å²) in [6.07, 6.45) is 6.66. The molecule has 0 heterocycles. The first-order valence-corrected chi connectivity index (χ1v) is 10.1. The molecule has 0 radical (unpaired) electrons. The van der Waals surface area contributed by atoms with Crippen molar-refractivity contribution in [2.24, 2.45) is 35.5 Å². The summed E-state index contributed by atoms with van der Waals surface area (Å²) in [5.41, 5.74) is 0. The van der Waals surface area contributed by atoms with Crippen LogP contribution in [0.25, 0.3) is 0 Å². The Morgan fingerprint density at radius 1 is 0.750 bits per heavy atom. The summed E-state index contributed by atoms with van der Waals surface area (Å²) < 4.78 is 0. The fraction of sp³-hybridized carbons (Fsp3) is 1.00. The lowest BCUT2D eigenvalue weighted by Gasteiger charge is -2.34. The Bertz CT molecular complexity index is 374. The van der Waals surface area contributed by atoms with Gasteiger partial charge in [0.1, 0.15) is 4.91 Å². The van der Waals surface area contributed by atoms with Gasteiger partial charge in [0, 0.05) is 11.8 Å². The zero-order valence-corrected chi connectivity index (χ0v) is 16.5. The molecule has 24 heavy (non-hydrogen) atoms. The predicted octanol–water partition coefficient (Wildman–Crippen LogP) is 5.55. The molecule has 2 rings (SSSR count). The molecule has 0 amide bonds. The summed E-state index contributed by atoms with van der Waals surface area (Å²) in [5.74, 6) is 3.22. The van der Waals surface area contributed by atoms with E-state index in [4.69, 9.17) is 9.68 Å². The van der Waals surface area contributed by atoms with Crippen molar-refractivity contribution in [2.75, 3.05) is 0 Å².